The van der Waals surface area contributed by atoms with Gasteiger partial charge in [-0.25, -0.2) is 0 Å². The number of carbonyl (C=O) groups excluding carboxylic acids is 1. The van der Waals surface area contributed by atoms with E-state index in [1.54, 1.807) is 29.2 Å². The maximum absolute atomic E-state index is 12.1. The van der Waals surface area contributed by atoms with Crippen LogP contribution in [0.3, 0.4) is 0 Å². The van der Waals surface area contributed by atoms with Crippen LogP contribution in [0.1, 0.15) is 12.5 Å². The molecule has 1 amide bonds. The molecule has 0 saturated carbocycles. The van der Waals surface area contributed by atoms with Gasteiger partial charge < -0.3 is 10.0 Å². The number of aliphatic carboxylic acids is 1. The van der Waals surface area contributed by atoms with Gasteiger partial charge in [0.15, 0.2) is 0 Å². The van der Waals surface area contributed by atoms with Crippen LogP contribution in [0.2, 0.25) is 10.0 Å². The minimum Gasteiger partial charge on any atom is -0.481 e. The standard InChI is InChI=1S/C15H15Cl2NO3/c1-9-7-18(8-11(9)15(20)21)13(19)6-5-10-3-2-4-12(16)14(10)17/h2-6,9,11H,7-8H2,1H3,(H,20,21). The first-order valence-electron chi connectivity index (χ1n) is 6.54. The lowest BCUT2D eigenvalue weighted by Crippen LogP contribution is -2.28. The van der Waals surface area contributed by atoms with Crippen LogP contribution >= 0.6 is 23.2 Å². The van der Waals surface area contributed by atoms with Crippen molar-refractivity contribution in [2.45, 2.75) is 6.92 Å². The molecule has 2 unspecified atom stereocenters. The SMILES string of the molecule is CC1CN(C(=O)C=Cc2cccc(Cl)c2Cl)CC1C(=O)O. The van der Waals surface area contributed by atoms with Gasteiger partial charge in [0.1, 0.15) is 0 Å². The van der Waals surface area contributed by atoms with E-state index in [1.165, 1.54) is 6.08 Å². The first kappa shape index (κ1) is 15.9. The van der Waals surface area contributed by atoms with Crippen LogP contribution in [-0.4, -0.2) is 35.0 Å². The normalized spacial score (nSPS) is 22.0. The average molecular weight is 328 g/mol. The number of carboxylic acids is 1. The zero-order valence-electron chi connectivity index (χ0n) is 11.4. The summed E-state index contributed by atoms with van der Waals surface area (Å²) in [7, 11) is 0. The number of halogens is 2. The number of benzene rings is 1. The molecular formula is C15H15Cl2NO3. The van der Waals surface area contributed by atoms with Crippen molar-refractivity contribution in [1.82, 2.24) is 4.90 Å². The van der Waals surface area contributed by atoms with Crippen molar-refractivity contribution in [3.8, 4) is 0 Å². The molecule has 4 nitrogen and oxygen atoms in total. The third-order valence-corrected chi connectivity index (χ3v) is 4.46. The fourth-order valence-electron chi connectivity index (χ4n) is 2.38. The molecule has 1 aromatic rings. The van der Waals surface area contributed by atoms with Crippen molar-refractivity contribution in [2.75, 3.05) is 13.1 Å². The van der Waals surface area contributed by atoms with Gasteiger partial charge in [0, 0.05) is 19.2 Å². The molecule has 112 valence electrons. The van der Waals surface area contributed by atoms with Gasteiger partial charge in [-0.2, -0.15) is 0 Å². The van der Waals surface area contributed by atoms with Crippen LogP contribution < -0.4 is 0 Å². The predicted molar refractivity (Wildman–Crippen MR) is 82.4 cm³/mol. The van der Waals surface area contributed by atoms with E-state index in [9.17, 15) is 9.59 Å². The van der Waals surface area contributed by atoms with Crippen molar-refractivity contribution in [1.29, 1.82) is 0 Å². The van der Waals surface area contributed by atoms with Crippen LogP contribution in [0.4, 0.5) is 0 Å². The minimum atomic E-state index is -0.861. The van der Waals surface area contributed by atoms with E-state index in [0.717, 1.165) is 0 Å². The third kappa shape index (κ3) is 3.57. The molecule has 0 aliphatic carbocycles. The van der Waals surface area contributed by atoms with Crippen molar-refractivity contribution >= 4 is 41.2 Å². The second-order valence-corrected chi connectivity index (χ2v) is 5.93. The van der Waals surface area contributed by atoms with E-state index < -0.39 is 11.9 Å². The Morgan fingerprint density at radius 3 is 2.67 bits per heavy atom. The number of carbonyl (C=O) groups is 2. The monoisotopic (exact) mass is 327 g/mol. The van der Waals surface area contributed by atoms with E-state index in [4.69, 9.17) is 28.3 Å². The van der Waals surface area contributed by atoms with E-state index in [-0.39, 0.29) is 18.4 Å². The molecule has 1 saturated heterocycles. The van der Waals surface area contributed by atoms with Crippen LogP contribution in [0, 0.1) is 11.8 Å². The summed E-state index contributed by atoms with van der Waals surface area (Å²) in [6, 6.07) is 5.17. The summed E-state index contributed by atoms with van der Waals surface area (Å²) in [6.07, 6.45) is 2.99. The number of amides is 1. The van der Waals surface area contributed by atoms with Crippen molar-refractivity contribution in [3.05, 3.63) is 39.9 Å². The lowest BCUT2D eigenvalue weighted by atomic mass is 9.99. The fraction of sp³-hybridized carbons (Fsp3) is 0.333. The molecule has 1 aliphatic rings. The second-order valence-electron chi connectivity index (χ2n) is 5.14. The lowest BCUT2D eigenvalue weighted by molar-refractivity contribution is -0.142. The summed E-state index contributed by atoms with van der Waals surface area (Å²) in [6.45, 7) is 2.52. The second kappa shape index (κ2) is 6.50. The molecule has 0 bridgehead atoms. The molecule has 0 spiro atoms. The zero-order chi connectivity index (χ0) is 15.6. The van der Waals surface area contributed by atoms with Gasteiger partial charge in [-0.15, -0.1) is 0 Å². The Kier molecular flexibility index (Phi) is 4.91. The molecular weight excluding hydrogens is 313 g/mol. The lowest BCUT2D eigenvalue weighted by Gasteiger charge is -2.13. The number of likely N-dealkylation sites (tertiary alicyclic amines) is 1. The quantitative estimate of drug-likeness (QED) is 0.867. The van der Waals surface area contributed by atoms with Gasteiger partial charge >= 0.3 is 5.97 Å². The number of rotatable bonds is 3. The predicted octanol–water partition coefficient (Wildman–Crippen LogP) is 3.19. The molecule has 1 aromatic carbocycles. The van der Waals surface area contributed by atoms with Gasteiger partial charge in [0.2, 0.25) is 5.91 Å². The van der Waals surface area contributed by atoms with Gasteiger partial charge in [-0.05, 0) is 23.6 Å². The largest absolute Gasteiger partial charge is 0.481 e. The van der Waals surface area contributed by atoms with E-state index in [1.807, 2.05) is 6.92 Å². The van der Waals surface area contributed by atoms with E-state index in [2.05, 4.69) is 0 Å². The topological polar surface area (TPSA) is 57.6 Å². The molecule has 6 heteroatoms. The van der Waals surface area contributed by atoms with Crippen molar-refractivity contribution < 1.29 is 14.7 Å². The number of hydrogen-bond donors (Lipinski definition) is 1. The fourth-order valence-corrected chi connectivity index (χ4v) is 2.75. The molecule has 2 atom stereocenters. The summed E-state index contributed by atoms with van der Waals surface area (Å²) >= 11 is 11.9. The third-order valence-electron chi connectivity index (χ3n) is 3.63. The van der Waals surface area contributed by atoms with Crippen molar-refractivity contribution in [2.24, 2.45) is 11.8 Å². The number of nitrogens with zero attached hydrogens (tertiary/aromatic N) is 1. The van der Waals surface area contributed by atoms with Crippen LogP contribution in [-0.2, 0) is 9.59 Å². The Bertz CT molecular complexity index is 601. The summed E-state index contributed by atoms with van der Waals surface area (Å²) in [5.41, 5.74) is 0.652. The molecule has 1 fully saturated rings. The van der Waals surface area contributed by atoms with E-state index >= 15 is 0 Å². The van der Waals surface area contributed by atoms with Crippen LogP contribution in [0.5, 0.6) is 0 Å². The summed E-state index contributed by atoms with van der Waals surface area (Å²) in [5, 5.41) is 9.88. The molecule has 21 heavy (non-hydrogen) atoms. The maximum Gasteiger partial charge on any atom is 0.308 e. The van der Waals surface area contributed by atoms with E-state index in [0.29, 0.717) is 22.2 Å². The molecule has 2 rings (SSSR count). The molecule has 1 N–H and O–H groups in total. The Morgan fingerprint density at radius 1 is 1.33 bits per heavy atom. The first-order chi connectivity index (χ1) is 9.90. The molecule has 0 aromatic heterocycles. The minimum absolute atomic E-state index is 0.0467. The smallest absolute Gasteiger partial charge is 0.308 e. The Balaban J connectivity index is 2.07. The highest BCUT2D eigenvalue weighted by atomic mass is 35.5. The number of hydrogen-bond acceptors (Lipinski definition) is 2. The number of carboxylic acid groups (broad SMARTS) is 1. The first-order valence-corrected chi connectivity index (χ1v) is 7.29. The summed E-state index contributed by atoms with van der Waals surface area (Å²) in [4.78, 5) is 24.7. The molecule has 0 radical (unpaired) electrons. The van der Waals surface area contributed by atoms with Gasteiger partial charge in [-0.1, -0.05) is 42.3 Å². The summed E-state index contributed by atoms with van der Waals surface area (Å²) in [5.74, 6) is -1.63. The van der Waals surface area contributed by atoms with Crippen LogP contribution in [0.25, 0.3) is 6.08 Å². The zero-order valence-corrected chi connectivity index (χ0v) is 12.9. The Hall–Kier alpha value is -1.52. The highest BCUT2D eigenvalue weighted by Gasteiger charge is 2.36. The molecule has 1 heterocycles. The van der Waals surface area contributed by atoms with Crippen LogP contribution in [0.15, 0.2) is 24.3 Å². The molecule has 1 aliphatic heterocycles. The Labute approximate surface area is 133 Å². The maximum atomic E-state index is 12.1. The van der Waals surface area contributed by atoms with Gasteiger partial charge in [0.05, 0.1) is 16.0 Å². The highest BCUT2D eigenvalue weighted by Crippen LogP contribution is 2.27. The Morgan fingerprint density at radius 2 is 2.05 bits per heavy atom. The summed E-state index contributed by atoms with van der Waals surface area (Å²) < 4.78 is 0. The highest BCUT2D eigenvalue weighted by molar-refractivity contribution is 6.42. The van der Waals surface area contributed by atoms with Crippen molar-refractivity contribution in [3.63, 3.8) is 0 Å². The average Bonchev–Trinajstić information content (AvgIpc) is 2.82. The van der Waals surface area contributed by atoms with Gasteiger partial charge in [0.25, 0.3) is 0 Å². The van der Waals surface area contributed by atoms with Gasteiger partial charge in [-0.3, -0.25) is 9.59 Å².